The maximum atomic E-state index is 13.3. The highest BCUT2D eigenvalue weighted by atomic mass is 19.1. The Morgan fingerprint density at radius 1 is 1.13 bits per heavy atom. The number of carbonyl (C=O) groups excluding carboxylic acids is 5. The number of nitrogens with zero attached hydrogens (tertiary/aromatic N) is 1. The standard InChI is InChI=1S/C22H18FN3O5/c23-15-3-1-2-13(9-15)19(28)21(30)24-10-12-4-5-16-14(8-12)11-26(22(16)31)17-6-7-18(27)25-20(17)29/h1-5,8-9,17H,6-7,10-11H2,(H,24,30)(H,25,27,29). The highest BCUT2D eigenvalue weighted by molar-refractivity contribution is 6.42. The van der Waals surface area contributed by atoms with Crippen LogP contribution in [0, 0.1) is 5.82 Å². The van der Waals surface area contributed by atoms with Gasteiger partial charge in [-0.3, -0.25) is 29.3 Å². The molecule has 1 atom stereocenters. The summed E-state index contributed by atoms with van der Waals surface area (Å²) in [5.41, 5.74) is 1.77. The van der Waals surface area contributed by atoms with E-state index in [0.29, 0.717) is 16.7 Å². The third-order valence-corrected chi connectivity index (χ3v) is 5.33. The van der Waals surface area contributed by atoms with E-state index in [4.69, 9.17) is 0 Å². The summed E-state index contributed by atoms with van der Waals surface area (Å²) in [6.45, 7) is 0.254. The molecule has 0 saturated carbocycles. The molecule has 0 spiro atoms. The van der Waals surface area contributed by atoms with Gasteiger partial charge in [-0.15, -0.1) is 0 Å². The van der Waals surface area contributed by atoms with E-state index in [0.717, 1.165) is 6.07 Å². The number of benzene rings is 2. The number of amides is 4. The molecule has 2 aromatic rings. The first-order chi connectivity index (χ1) is 14.8. The fraction of sp³-hybridized carbons (Fsp3) is 0.227. The molecule has 2 N–H and O–H groups in total. The van der Waals surface area contributed by atoms with Crippen LogP contribution >= 0.6 is 0 Å². The number of hydrogen-bond acceptors (Lipinski definition) is 5. The highest BCUT2D eigenvalue weighted by Gasteiger charge is 2.39. The molecule has 4 amide bonds. The van der Waals surface area contributed by atoms with E-state index < -0.39 is 29.5 Å². The van der Waals surface area contributed by atoms with Crippen LogP contribution in [0.15, 0.2) is 42.5 Å². The van der Waals surface area contributed by atoms with Crippen molar-refractivity contribution in [3.8, 4) is 0 Å². The Morgan fingerprint density at radius 3 is 2.68 bits per heavy atom. The first kappa shape index (κ1) is 20.4. The van der Waals surface area contributed by atoms with Crippen molar-refractivity contribution in [3.05, 3.63) is 70.5 Å². The van der Waals surface area contributed by atoms with Gasteiger partial charge in [0.05, 0.1) is 0 Å². The van der Waals surface area contributed by atoms with Crippen LogP contribution in [0.5, 0.6) is 0 Å². The summed E-state index contributed by atoms with van der Waals surface area (Å²) >= 11 is 0. The Labute approximate surface area is 176 Å². The molecular weight excluding hydrogens is 405 g/mol. The number of carbonyl (C=O) groups is 5. The molecule has 0 aliphatic carbocycles. The molecule has 158 valence electrons. The van der Waals surface area contributed by atoms with Gasteiger partial charge in [-0.05, 0) is 35.7 Å². The quantitative estimate of drug-likeness (QED) is 0.425. The zero-order chi connectivity index (χ0) is 22.1. The Hall–Kier alpha value is -3.88. The van der Waals surface area contributed by atoms with Gasteiger partial charge in [0, 0.05) is 30.6 Å². The van der Waals surface area contributed by atoms with Gasteiger partial charge < -0.3 is 10.2 Å². The van der Waals surface area contributed by atoms with Crippen LogP contribution in [0.3, 0.4) is 0 Å². The van der Waals surface area contributed by atoms with Crippen molar-refractivity contribution in [3.63, 3.8) is 0 Å². The topological polar surface area (TPSA) is 113 Å². The molecule has 0 aromatic heterocycles. The maximum absolute atomic E-state index is 13.3. The van der Waals surface area contributed by atoms with Crippen LogP contribution in [-0.4, -0.2) is 40.4 Å². The molecule has 0 bridgehead atoms. The van der Waals surface area contributed by atoms with Gasteiger partial charge in [-0.2, -0.15) is 0 Å². The van der Waals surface area contributed by atoms with E-state index in [1.807, 2.05) is 0 Å². The SMILES string of the molecule is O=C1CCC(N2Cc3cc(CNC(=O)C(=O)c4cccc(F)c4)ccc3C2=O)C(=O)N1. The van der Waals surface area contributed by atoms with Crippen LogP contribution in [0.4, 0.5) is 4.39 Å². The van der Waals surface area contributed by atoms with E-state index in [-0.39, 0.29) is 43.3 Å². The number of rotatable bonds is 5. The highest BCUT2D eigenvalue weighted by Crippen LogP contribution is 2.28. The molecule has 2 aromatic carbocycles. The van der Waals surface area contributed by atoms with Gasteiger partial charge in [0.2, 0.25) is 17.6 Å². The Morgan fingerprint density at radius 2 is 1.94 bits per heavy atom. The Balaban J connectivity index is 1.41. The molecule has 8 nitrogen and oxygen atoms in total. The molecular formula is C22H18FN3O5. The number of ketones is 1. The summed E-state index contributed by atoms with van der Waals surface area (Å²) < 4.78 is 13.3. The minimum atomic E-state index is -0.868. The molecule has 4 rings (SSSR count). The summed E-state index contributed by atoms with van der Waals surface area (Å²) in [6.07, 6.45) is 0.447. The molecule has 2 aliphatic heterocycles. The summed E-state index contributed by atoms with van der Waals surface area (Å²) in [5.74, 6) is -3.45. The third kappa shape index (κ3) is 4.07. The second-order valence-corrected chi connectivity index (χ2v) is 7.41. The zero-order valence-corrected chi connectivity index (χ0v) is 16.3. The van der Waals surface area contributed by atoms with E-state index in [9.17, 15) is 28.4 Å². The summed E-state index contributed by atoms with van der Waals surface area (Å²) in [7, 11) is 0. The van der Waals surface area contributed by atoms with Gasteiger partial charge in [0.15, 0.2) is 0 Å². The van der Waals surface area contributed by atoms with Crippen molar-refractivity contribution in [2.45, 2.75) is 32.0 Å². The molecule has 1 unspecified atom stereocenters. The molecule has 2 aliphatic rings. The predicted octanol–water partition coefficient (Wildman–Crippen LogP) is 1.09. The number of Topliss-reactive ketones (excluding diaryl/α,β-unsaturated/α-hetero) is 1. The number of hydrogen-bond donors (Lipinski definition) is 2. The second-order valence-electron chi connectivity index (χ2n) is 7.41. The first-order valence-corrected chi connectivity index (χ1v) is 9.68. The van der Waals surface area contributed by atoms with Crippen LogP contribution < -0.4 is 10.6 Å². The Kier molecular flexibility index (Phi) is 5.33. The number of fused-ring (bicyclic) bond motifs is 1. The fourth-order valence-electron chi connectivity index (χ4n) is 3.76. The van der Waals surface area contributed by atoms with Crippen molar-refractivity contribution in [2.24, 2.45) is 0 Å². The summed E-state index contributed by atoms with van der Waals surface area (Å²) in [5, 5.41) is 4.75. The largest absolute Gasteiger partial charge is 0.345 e. The smallest absolute Gasteiger partial charge is 0.292 e. The molecule has 1 fully saturated rings. The normalized spacial score (nSPS) is 17.9. The lowest BCUT2D eigenvalue weighted by molar-refractivity contribution is -0.137. The Bertz CT molecular complexity index is 1130. The number of piperidine rings is 1. The molecule has 2 heterocycles. The van der Waals surface area contributed by atoms with Gasteiger partial charge in [0.1, 0.15) is 11.9 Å². The lowest BCUT2D eigenvalue weighted by atomic mass is 10.0. The van der Waals surface area contributed by atoms with Crippen molar-refractivity contribution < 1.29 is 28.4 Å². The fourth-order valence-corrected chi connectivity index (χ4v) is 3.76. The van der Waals surface area contributed by atoms with Crippen molar-refractivity contribution in [1.29, 1.82) is 0 Å². The molecule has 31 heavy (non-hydrogen) atoms. The van der Waals surface area contributed by atoms with Crippen molar-refractivity contribution in [2.75, 3.05) is 0 Å². The minimum Gasteiger partial charge on any atom is -0.345 e. The second kappa shape index (κ2) is 8.10. The van der Waals surface area contributed by atoms with E-state index in [1.165, 1.54) is 23.1 Å². The summed E-state index contributed by atoms with van der Waals surface area (Å²) in [6, 6.07) is 9.16. The maximum Gasteiger partial charge on any atom is 0.292 e. The number of halogens is 1. The zero-order valence-electron chi connectivity index (χ0n) is 16.3. The number of nitrogens with one attached hydrogen (secondary N) is 2. The van der Waals surface area contributed by atoms with Gasteiger partial charge in [-0.1, -0.05) is 24.3 Å². The molecule has 9 heteroatoms. The average molecular weight is 423 g/mol. The first-order valence-electron chi connectivity index (χ1n) is 9.68. The van der Waals surface area contributed by atoms with Gasteiger partial charge in [-0.25, -0.2) is 4.39 Å². The molecule has 0 radical (unpaired) electrons. The third-order valence-electron chi connectivity index (χ3n) is 5.33. The van der Waals surface area contributed by atoms with Crippen LogP contribution in [0.25, 0.3) is 0 Å². The van der Waals surface area contributed by atoms with Crippen molar-refractivity contribution >= 4 is 29.4 Å². The van der Waals surface area contributed by atoms with E-state index >= 15 is 0 Å². The van der Waals surface area contributed by atoms with Crippen LogP contribution in [0.1, 0.15) is 44.7 Å². The lowest BCUT2D eigenvalue weighted by Gasteiger charge is -2.29. The number of imide groups is 1. The minimum absolute atomic E-state index is 0.0414. The monoisotopic (exact) mass is 423 g/mol. The average Bonchev–Trinajstić information content (AvgIpc) is 3.07. The summed E-state index contributed by atoms with van der Waals surface area (Å²) in [4.78, 5) is 61.8. The van der Waals surface area contributed by atoms with Crippen molar-refractivity contribution in [1.82, 2.24) is 15.5 Å². The lowest BCUT2D eigenvalue weighted by Crippen LogP contribution is -2.52. The van der Waals surface area contributed by atoms with Gasteiger partial charge >= 0.3 is 0 Å². The molecule has 1 saturated heterocycles. The van der Waals surface area contributed by atoms with Crippen LogP contribution in [-0.2, 0) is 27.5 Å². The van der Waals surface area contributed by atoms with Gasteiger partial charge in [0.25, 0.3) is 11.8 Å². The predicted molar refractivity (Wildman–Crippen MR) is 105 cm³/mol. The van der Waals surface area contributed by atoms with E-state index in [2.05, 4.69) is 10.6 Å². The van der Waals surface area contributed by atoms with E-state index in [1.54, 1.807) is 18.2 Å². The van der Waals surface area contributed by atoms with Crippen LogP contribution in [0.2, 0.25) is 0 Å².